The van der Waals surface area contributed by atoms with Crippen molar-refractivity contribution in [2.75, 3.05) is 32.5 Å². The normalized spacial score (nSPS) is 22.0. The topological polar surface area (TPSA) is 12.5 Å². The van der Waals surface area contributed by atoms with E-state index < -0.39 is 0 Å². The molecule has 1 heterocycles. The van der Waals surface area contributed by atoms with Gasteiger partial charge in [0.2, 0.25) is 0 Å². The summed E-state index contributed by atoms with van der Waals surface area (Å²) in [4.78, 5) is 2.52. The minimum absolute atomic E-state index is 0.625. The van der Waals surface area contributed by atoms with Crippen molar-refractivity contribution in [2.24, 2.45) is 0 Å². The van der Waals surface area contributed by atoms with Crippen molar-refractivity contribution >= 4 is 11.8 Å². The molecule has 0 N–H and O–H groups in total. The number of likely N-dealkylation sites (N-methyl/N-ethyl adjacent to an activating group) is 1. The Kier molecular flexibility index (Phi) is 4.13. The molecule has 0 aromatic heterocycles. The van der Waals surface area contributed by atoms with Crippen LogP contribution in [0, 0.1) is 0 Å². The van der Waals surface area contributed by atoms with Crippen molar-refractivity contribution in [1.82, 2.24) is 4.90 Å². The zero-order valence-corrected chi connectivity index (χ0v) is 10.8. The molecule has 0 amide bonds. The van der Waals surface area contributed by atoms with E-state index in [1.165, 1.54) is 24.4 Å². The van der Waals surface area contributed by atoms with Crippen LogP contribution < -0.4 is 4.74 Å². The second-order valence-corrected chi connectivity index (χ2v) is 5.34. The fourth-order valence-corrected chi connectivity index (χ4v) is 3.32. The van der Waals surface area contributed by atoms with Gasteiger partial charge in [-0.2, -0.15) is 11.8 Å². The lowest BCUT2D eigenvalue weighted by Crippen LogP contribution is -2.33. The minimum atomic E-state index is 0.625. The molecule has 0 radical (unpaired) electrons. The molecule has 16 heavy (non-hydrogen) atoms. The third-order valence-electron chi connectivity index (χ3n) is 3.09. The second-order valence-electron chi connectivity index (χ2n) is 4.03. The molecule has 1 aliphatic rings. The Bertz CT molecular complexity index is 325. The summed E-state index contributed by atoms with van der Waals surface area (Å²) in [6.07, 6.45) is 0. The largest absolute Gasteiger partial charge is 0.497 e. The van der Waals surface area contributed by atoms with Crippen molar-refractivity contribution in [3.8, 4) is 5.75 Å². The van der Waals surface area contributed by atoms with Crippen LogP contribution >= 0.6 is 11.8 Å². The summed E-state index contributed by atoms with van der Waals surface area (Å²) in [5.74, 6) is 2.18. The lowest BCUT2D eigenvalue weighted by molar-refractivity contribution is 0.299. The molecule has 3 heteroatoms. The van der Waals surface area contributed by atoms with E-state index in [-0.39, 0.29) is 0 Å². The van der Waals surface area contributed by atoms with Crippen LogP contribution in [0.1, 0.15) is 17.7 Å². The Labute approximate surface area is 102 Å². The first-order valence-corrected chi connectivity index (χ1v) is 6.86. The summed E-state index contributed by atoms with van der Waals surface area (Å²) in [5.41, 5.74) is 1.42. The maximum atomic E-state index is 5.18. The van der Waals surface area contributed by atoms with Crippen LogP contribution in [-0.4, -0.2) is 37.4 Å². The summed E-state index contributed by atoms with van der Waals surface area (Å²) in [7, 11) is 1.71. The first-order valence-electron chi connectivity index (χ1n) is 5.81. The van der Waals surface area contributed by atoms with Gasteiger partial charge in [0, 0.05) is 24.1 Å². The van der Waals surface area contributed by atoms with E-state index in [0.717, 1.165) is 12.3 Å². The highest BCUT2D eigenvalue weighted by atomic mass is 32.2. The van der Waals surface area contributed by atoms with Crippen LogP contribution in [-0.2, 0) is 0 Å². The predicted octanol–water partition coefficient (Wildman–Crippen LogP) is 2.81. The van der Waals surface area contributed by atoms with Crippen LogP contribution in [0.5, 0.6) is 5.75 Å². The van der Waals surface area contributed by atoms with E-state index in [9.17, 15) is 0 Å². The fraction of sp³-hybridized carbons (Fsp3) is 0.538. The van der Waals surface area contributed by atoms with E-state index in [1.807, 2.05) is 0 Å². The SMILES string of the molecule is CCN1CCSC(c2ccc(OC)cc2)C1. The molecule has 2 nitrogen and oxygen atoms in total. The molecule has 1 unspecified atom stereocenters. The average molecular weight is 237 g/mol. The van der Waals surface area contributed by atoms with Crippen LogP contribution in [0.3, 0.4) is 0 Å². The lowest BCUT2D eigenvalue weighted by atomic mass is 10.1. The molecule has 0 spiro atoms. The van der Waals surface area contributed by atoms with Crippen LogP contribution in [0.15, 0.2) is 24.3 Å². The quantitative estimate of drug-likeness (QED) is 0.802. The second kappa shape index (κ2) is 5.60. The monoisotopic (exact) mass is 237 g/mol. The number of rotatable bonds is 3. The molecule has 0 bridgehead atoms. The van der Waals surface area contributed by atoms with Crippen LogP contribution in [0.25, 0.3) is 0 Å². The van der Waals surface area contributed by atoms with Gasteiger partial charge in [-0.25, -0.2) is 0 Å². The number of nitrogens with zero attached hydrogens (tertiary/aromatic N) is 1. The molecule has 1 aromatic carbocycles. The molecule has 1 aliphatic heterocycles. The van der Waals surface area contributed by atoms with Crippen molar-refractivity contribution in [1.29, 1.82) is 0 Å². The Morgan fingerprint density at radius 1 is 1.38 bits per heavy atom. The third kappa shape index (κ3) is 2.71. The van der Waals surface area contributed by atoms with Gasteiger partial charge in [-0.15, -0.1) is 0 Å². The van der Waals surface area contributed by atoms with Gasteiger partial charge in [-0.1, -0.05) is 19.1 Å². The molecule has 1 fully saturated rings. The highest BCUT2D eigenvalue weighted by Crippen LogP contribution is 2.33. The van der Waals surface area contributed by atoms with E-state index in [0.29, 0.717) is 5.25 Å². The molecule has 0 saturated carbocycles. The average Bonchev–Trinajstić information content (AvgIpc) is 2.39. The molecule has 88 valence electrons. The summed E-state index contributed by atoms with van der Waals surface area (Å²) in [6.45, 7) is 5.80. The van der Waals surface area contributed by atoms with Gasteiger partial charge in [-0.3, -0.25) is 0 Å². The number of methoxy groups -OCH3 is 1. The summed E-state index contributed by atoms with van der Waals surface area (Å²) < 4.78 is 5.18. The Hall–Kier alpha value is -0.670. The third-order valence-corrected chi connectivity index (χ3v) is 4.33. The first-order chi connectivity index (χ1) is 7.83. The van der Waals surface area contributed by atoms with E-state index in [4.69, 9.17) is 4.74 Å². The van der Waals surface area contributed by atoms with Crippen molar-refractivity contribution < 1.29 is 4.74 Å². The molecular weight excluding hydrogens is 218 g/mol. The molecule has 1 atom stereocenters. The standard InChI is InChI=1S/C13H19NOS/c1-3-14-8-9-16-13(10-14)11-4-6-12(15-2)7-5-11/h4-7,13H,3,8-10H2,1-2H3. The summed E-state index contributed by atoms with van der Waals surface area (Å²) in [6, 6.07) is 8.49. The van der Waals surface area contributed by atoms with Gasteiger partial charge in [0.1, 0.15) is 5.75 Å². The predicted molar refractivity (Wildman–Crippen MR) is 70.3 cm³/mol. The van der Waals surface area contributed by atoms with Gasteiger partial charge in [0.05, 0.1) is 7.11 Å². The van der Waals surface area contributed by atoms with Crippen molar-refractivity contribution in [3.05, 3.63) is 29.8 Å². The summed E-state index contributed by atoms with van der Waals surface area (Å²) >= 11 is 2.07. The van der Waals surface area contributed by atoms with Gasteiger partial charge < -0.3 is 9.64 Å². The molecule has 1 aromatic rings. The molecule has 2 rings (SSSR count). The van der Waals surface area contributed by atoms with E-state index in [1.54, 1.807) is 7.11 Å². The number of thioether (sulfide) groups is 1. The number of ether oxygens (including phenoxy) is 1. The van der Waals surface area contributed by atoms with Crippen molar-refractivity contribution in [2.45, 2.75) is 12.2 Å². The Balaban J connectivity index is 2.05. The van der Waals surface area contributed by atoms with Crippen LogP contribution in [0.2, 0.25) is 0 Å². The molecule has 1 saturated heterocycles. The maximum Gasteiger partial charge on any atom is 0.118 e. The Morgan fingerprint density at radius 2 is 2.12 bits per heavy atom. The van der Waals surface area contributed by atoms with E-state index in [2.05, 4.69) is 47.9 Å². The minimum Gasteiger partial charge on any atom is -0.497 e. The lowest BCUT2D eigenvalue weighted by Gasteiger charge is -2.31. The van der Waals surface area contributed by atoms with Crippen molar-refractivity contribution in [3.63, 3.8) is 0 Å². The first kappa shape index (κ1) is 11.8. The maximum absolute atomic E-state index is 5.18. The molecule has 0 aliphatic carbocycles. The highest BCUT2D eigenvalue weighted by molar-refractivity contribution is 7.99. The van der Waals surface area contributed by atoms with E-state index >= 15 is 0 Å². The summed E-state index contributed by atoms with van der Waals surface area (Å²) in [5, 5.41) is 0.625. The van der Waals surface area contributed by atoms with Gasteiger partial charge in [0.25, 0.3) is 0 Å². The zero-order valence-electron chi connectivity index (χ0n) is 9.98. The number of benzene rings is 1. The Morgan fingerprint density at radius 3 is 2.75 bits per heavy atom. The number of hydrogen-bond acceptors (Lipinski definition) is 3. The van der Waals surface area contributed by atoms with Gasteiger partial charge in [0.15, 0.2) is 0 Å². The zero-order chi connectivity index (χ0) is 11.4. The highest BCUT2D eigenvalue weighted by Gasteiger charge is 2.20. The van der Waals surface area contributed by atoms with Gasteiger partial charge >= 0.3 is 0 Å². The smallest absolute Gasteiger partial charge is 0.118 e. The fourth-order valence-electron chi connectivity index (χ4n) is 2.01. The molecular formula is C13H19NOS. The van der Waals surface area contributed by atoms with Crippen LogP contribution in [0.4, 0.5) is 0 Å². The number of hydrogen-bond donors (Lipinski definition) is 0. The van der Waals surface area contributed by atoms with Gasteiger partial charge in [-0.05, 0) is 24.2 Å².